The maximum Gasteiger partial charge on any atom is 0.327 e. The van der Waals surface area contributed by atoms with Gasteiger partial charge in [-0.1, -0.05) is 265 Å². The minimum Gasteiger partial charge on any atom is -0.462 e. The number of aliphatic hydroxyl groups is 1. The van der Waals surface area contributed by atoms with Crippen molar-refractivity contribution in [2.75, 3.05) is 79.3 Å². The lowest BCUT2D eigenvalue weighted by Gasteiger charge is -2.23. The van der Waals surface area contributed by atoms with Crippen molar-refractivity contribution in [3.63, 3.8) is 0 Å². The monoisotopic (exact) mass is 1620 g/mol. The topological polar surface area (TPSA) is 296 Å². The lowest BCUT2D eigenvalue weighted by Crippen LogP contribution is -2.42. The van der Waals surface area contributed by atoms with Gasteiger partial charge in [0, 0.05) is 58.5 Å². The van der Waals surface area contributed by atoms with Crippen LogP contribution in [0.25, 0.3) is 0 Å². The first-order valence-corrected chi connectivity index (χ1v) is 48.6. The Balaban J connectivity index is 5.66. The van der Waals surface area contributed by atoms with E-state index in [1.54, 1.807) is 0 Å². The van der Waals surface area contributed by atoms with Gasteiger partial charge < -0.3 is 63.4 Å². The zero-order valence-corrected chi connectivity index (χ0v) is 73.3. The number of ether oxygens (including phenoxy) is 4. The van der Waals surface area contributed by atoms with Gasteiger partial charge >= 0.3 is 27.1 Å². The average Bonchev–Trinajstić information content (AvgIpc) is 0.911. The van der Waals surface area contributed by atoms with Crippen molar-refractivity contribution in [2.45, 2.75) is 412 Å². The fourth-order valence-corrected chi connectivity index (χ4v) is 14.7. The number of hydrogen-bond donors (Lipinski definition) is 5. The van der Waals surface area contributed by atoms with E-state index in [2.05, 4.69) is 87.1 Å². The van der Waals surface area contributed by atoms with E-state index >= 15 is 0 Å². The predicted molar refractivity (Wildman–Crippen MR) is 450 cm³/mol. The standard InChI is InChI=1S/C87H164N4O18P2/c1-9-15-21-27-31-35-39-45-49-55-78(92)69-84(96)90-76(72-102-65-61-80(57-51-43-25-19-13-5)108-86(98)59-53-47-41-37-33-29-23-17-11-3)74-106-110(7,100)104-67-63-88-82(94)71-83(95)89-64-68-105-111(8,101)107-75-77(91-85(97)70-79(93)56-50-46-40-36-32-28-22-16-10-2)73-103-66-62-81(58-52-44-26-20-14-6)109-87(99)60-54-48-42-38-34-30-24-18-12-4/h37-38,41-42,76-78,80-81,92H,9-36,39-40,43-75H2,1-8H3,(H,88,94)(H,89,95)(H,90,96)(H,91,97)/b41-37-,42-38-/t76-,77+,78?,80+,81+,110?,111?/m0/s1. The molecule has 0 aliphatic carbocycles. The maximum absolute atomic E-state index is 13.6. The molecule has 0 fully saturated rings. The van der Waals surface area contributed by atoms with Gasteiger partial charge in [0.2, 0.25) is 23.6 Å². The second-order valence-electron chi connectivity index (χ2n) is 30.8. The first-order chi connectivity index (χ1) is 53.7. The molecule has 0 bridgehead atoms. The molecule has 7 atom stereocenters. The van der Waals surface area contributed by atoms with Gasteiger partial charge in [-0.15, -0.1) is 0 Å². The molecule has 0 aromatic heterocycles. The van der Waals surface area contributed by atoms with E-state index in [0.29, 0.717) is 70.6 Å². The van der Waals surface area contributed by atoms with Crippen molar-refractivity contribution in [1.29, 1.82) is 0 Å². The van der Waals surface area contributed by atoms with E-state index in [1.165, 1.54) is 129 Å². The Labute approximate surface area is 675 Å². The maximum atomic E-state index is 13.6. The van der Waals surface area contributed by atoms with Crippen LogP contribution in [-0.2, 0) is 79.7 Å². The van der Waals surface area contributed by atoms with E-state index < -0.39 is 63.4 Å². The molecule has 3 unspecified atom stereocenters. The van der Waals surface area contributed by atoms with Crippen molar-refractivity contribution in [3.8, 4) is 0 Å². The van der Waals surface area contributed by atoms with Crippen molar-refractivity contribution in [2.24, 2.45) is 0 Å². The van der Waals surface area contributed by atoms with Gasteiger partial charge in [0.25, 0.3) is 0 Å². The van der Waals surface area contributed by atoms with Gasteiger partial charge in [-0.2, -0.15) is 0 Å². The molecule has 0 radical (unpaired) electrons. The SMILES string of the molecule is CCCCCC/C=C\CCCC(=O)O[C@H](CCCCCCC)CCOC[C@H](COP(C)(=O)OCCNC(=O)CC(=O)NCCOP(C)(=O)OC[C@H](COCC[C@@H](CCCCCCC)OC(=O)CCC/C=C\CCCCCC)NC(=O)CC(O)CCCCCCCCCCC)NC(=O)CC(=O)CCCCCCCCCCC. The third kappa shape index (κ3) is 74.7. The largest absolute Gasteiger partial charge is 0.462 e. The Bertz CT molecular complexity index is 2440. The summed E-state index contributed by atoms with van der Waals surface area (Å²) >= 11 is 0. The van der Waals surface area contributed by atoms with Crippen LogP contribution in [0.15, 0.2) is 24.3 Å². The molecule has 4 amide bonds. The normalized spacial score (nSPS) is 14.2. The van der Waals surface area contributed by atoms with Gasteiger partial charge in [-0.25, -0.2) is 0 Å². The Morgan fingerprint density at radius 3 is 1.06 bits per heavy atom. The molecule has 0 rings (SSSR count). The third-order valence-corrected chi connectivity index (χ3v) is 22.0. The zero-order valence-electron chi connectivity index (χ0n) is 71.5. The Morgan fingerprint density at radius 2 is 0.676 bits per heavy atom. The molecule has 5 N–H and O–H groups in total. The highest BCUT2D eigenvalue weighted by Gasteiger charge is 2.26. The molecule has 0 aliphatic heterocycles. The number of carbonyl (C=O) groups excluding carboxylic acids is 7. The van der Waals surface area contributed by atoms with Crippen molar-refractivity contribution in [3.05, 3.63) is 24.3 Å². The minimum atomic E-state index is -3.81. The number of carbonyl (C=O) groups is 7. The highest BCUT2D eigenvalue weighted by Crippen LogP contribution is 2.44. The molecule has 0 saturated heterocycles. The van der Waals surface area contributed by atoms with E-state index in [4.69, 9.17) is 37.0 Å². The summed E-state index contributed by atoms with van der Waals surface area (Å²) in [6, 6.07) is -1.61. The smallest absolute Gasteiger partial charge is 0.327 e. The van der Waals surface area contributed by atoms with Gasteiger partial charge in [0.05, 0.1) is 83.9 Å². The minimum absolute atomic E-state index is 0.0263. The van der Waals surface area contributed by atoms with Crippen LogP contribution in [0.2, 0.25) is 0 Å². The van der Waals surface area contributed by atoms with Crippen LogP contribution < -0.4 is 21.3 Å². The number of hydrogen-bond acceptors (Lipinski definition) is 18. The van der Waals surface area contributed by atoms with Crippen LogP contribution in [0.5, 0.6) is 0 Å². The molecular weight excluding hydrogens is 1450 g/mol. The molecule has 111 heavy (non-hydrogen) atoms. The number of allylic oxidation sites excluding steroid dienone is 4. The quantitative estimate of drug-likeness (QED) is 0.0124. The van der Waals surface area contributed by atoms with Gasteiger partial charge in [0.1, 0.15) is 24.4 Å². The predicted octanol–water partition coefficient (Wildman–Crippen LogP) is 20.6. The molecule has 0 saturated carbocycles. The Morgan fingerprint density at radius 1 is 0.342 bits per heavy atom. The fourth-order valence-electron chi connectivity index (χ4n) is 12.8. The molecule has 24 heteroatoms. The molecule has 0 aromatic carbocycles. The van der Waals surface area contributed by atoms with E-state index in [-0.39, 0.29) is 109 Å². The fraction of sp³-hybridized carbons (Fsp3) is 0.874. The van der Waals surface area contributed by atoms with E-state index in [9.17, 15) is 47.8 Å². The average molecular weight is 1620 g/mol. The summed E-state index contributed by atoms with van der Waals surface area (Å²) < 4.78 is 74.1. The molecule has 0 spiro atoms. The van der Waals surface area contributed by atoms with Crippen LogP contribution in [-0.4, -0.2) is 156 Å². The van der Waals surface area contributed by atoms with Crippen LogP contribution in [0.1, 0.15) is 382 Å². The van der Waals surface area contributed by atoms with E-state index in [0.717, 1.165) is 135 Å². The Hall–Kier alpha value is -3.85. The van der Waals surface area contributed by atoms with Gasteiger partial charge in [0.15, 0.2) is 0 Å². The molecule has 650 valence electrons. The summed E-state index contributed by atoms with van der Waals surface area (Å²) in [6.45, 7) is 14.7. The number of nitrogens with one attached hydrogen (secondary N) is 4. The molecule has 0 aromatic rings. The summed E-state index contributed by atoms with van der Waals surface area (Å²) in [5, 5.41) is 21.7. The summed E-state index contributed by atoms with van der Waals surface area (Å²) in [4.78, 5) is 91.5. The zero-order chi connectivity index (χ0) is 81.8. The van der Waals surface area contributed by atoms with Gasteiger partial charge in [-0.3, -0.25) is 42.7 Å². The number of Topliss-reactive ketones (excluding diaryl/α,β-unsaturated/α-hetero) is 1. The summed E-state index contributed by atoms with van der Waals surface area (Å²) in [5.74, 6) is -2.88. The molecule has 0 heterocycles. The van der Waals surface area contributed by atoms with Gasteiger partial charge in [-0.05, 0) is 89.9 Å². The summed E-state index contributed by atoms with van der Waals surface area (Å²) in [5.41, 5.74) is 0. The summed E-state index contributed by atoms with van der Waals surface area (Å²) in [6.07, 6.45) is 55.5. The van der Waals surface area contributed by atoms with Crippen LogP contribution >= 0.6 is 15.2 Å². The highest BCUT2D eigenvalue weighted by molar-refractivity contribution is 7.53. The van der Waals surface area contributed by atoms with E-state index in [1.807, 2.05) is 0 Å². The first-order valence-electron chi connectivity index (χ1n) is 44.6. The van der Waals surface area contributed by atoms with Crippen LogP contribution in [0.4, 0.5) is 0 Å². The second kappa shape index (κ2) is 77.4. The third-order valence-electron chi connectivity index (χ3n) is 19.5. The second-order valence-corrected chi connectivity index (χ2v) is 34.9. The van der Waals surface area contributed by atoms with Crippen LogP contribution in [0.3, 0.4) is 0 Å². The number of rotatable bonds is 84. The highest BCUT2D eigenvalue weighted by atomic mass is 31.2. The van der Waals surface area contributed by atoms with Crippen molar-refractivity contribution >= 4 is 56.5 Å². The first kappa shape index (κ1) is 107. The molecule has 22 nitrogen and oxygen atoms in total. The van der Waals surface area contributed by atoms with Crippen molar-refractivity contribution in [1.82, 2.24) is 21.3 Å². The molecule has 0 aliphatic rings. The lowest BCUT2D eigenvalue weighted by molar-refractivity contribution is -0.151. The number of esters is 2. The van der Waals surface area contributed by atoms with Crippen LogP contribution in [0, 0.1) is 0 Å². The van der Waals surface area contributed by atoms with Crippen molar-refractivity contribution < 1.29 is 84.8 Å². The number of unbranched alkanes of at least 4 members (excludes halogenated alkanes) is 34. The number of amides is 4. The Kier molecular flexibility index (Phi) is 74.7. The molecular formula is C87H164N4O18P2. The number of ketones is 1. The lowest BCUT2D eigenvalue weighted by atomic mass is 10.0. The summed E-state index contributed by atoms with van der Waals surface area (Å²) in [7, 11) is -7.60. The number of aliphatic hydroxyl groups excluding tert-OH is 1.